The number of carbonyl (C=O) groups is 1. The molecule has 2 aromatic rings. The Bertz CT molecular complexity index is 662. The Morgan fingerprint density at radius 3 is 2.45 bits per heavy atom. The zero-order valence-corrected chi connectivity index (χ0v) is 12.3. The van der Waals surface area contributed by atoms with Crippen molar-refractivity contribution in [1.29, 1.82) is 0 Å². The number of benzene rings is 2. The maximum absolute atomic E-state index is 13.0. The molecule has 0 saturated heterocycles. The summed E-state index contributed by atoms with van der Waals surface area (Å²) in [5.74, 6) is -1.98. The van der Waals surface area contributed by atoms with Gasteiger partial charge in [-0.05, 0) is 36.4 Å². The van der Waals surface area contributed by atoms with Gasteiger partial charge in [0.15, 0.2) is 17.4 Å². The molecule has 1 nitrogen and oxygen atoms in total. The Balaban J connectivity index is 2.06. The van der Waals surface area contributed by atoms with Gasteiger partial charge in [0.25, 0.3) is 0 Å². The predicted octanol–water partition coefficient (Wildman–Crippen LogP) is 5.25. The van der Waals surface area contributed by atoms with Crippen molar-refractivity contribution in [2.24, 2.45) is 0 Å². The van der Waals surface area contributed by atoms with Crippen LogP contribution in [-0.4, -0.2) is 11.5 Å². The fourth-order valence-electron chi connectivity index (χ4n) is 1.51. The number of carbonyl (C=O) groups excluding carboxylic acids is 1. The molecule has 104 valence electrons. The van der Waals surface area contributed by atoms with Gasteiger partial charge in [0.05, 0.1) is 10.8 Å². The third kappa shape index (κ3) is 3.72. The fourth-order valence-corrected chi connectivity index (χ4v) is 2.83. The molecule has 0 aromatic heterocycles. The summed E-state index contributed by atoms with van der Waals surface area (Å²) < 4.78 is 25.8. The van der Waals surface area contributed by atoms with Gasteiger partial charge in [-0.15, -0.1) is 11.8 Å². The summed E-state index contributed by atoms with van der Waals surface area (Å²) >= 11 is 12.8. The van der Waals surface area contributed by atoms with Crippen LogP contribution in [0.4, 0.5) is 8.78 Å². The van der Waals surface area contributed by atoms with E-state index in [1.165, 1.54) is 12.1 Å². The number of Topliss-reactive ketones (excluding diaryl/α,β-unsaturated/α-hetero) is 1. The van der Waals surface area contributed by atoms with Crippen LogP contribution in [0.1, 0.15) is 10.4 Å². The van der Waals surface area contributed by atoms with E-state index in [0.29, 0.717) is 15.5 Å². The Morgan fingerprint density at radius 1 is 1.05 bits per heavy atom. The van der Waals surface area contributed by atoms with Crippen molar-refractivity contribution in [2.75, 3.05) is 5.75 Å². The number of thioether (sulfide) groups is 1. The van der Waals surface area contributed by atoms with Crippen molar-refractivity contribution in [3.8, 4) is 0 Å². The van der Waals surface area contributed by atoms with Crippen molar-refractivity contribution in [3.63, 3.8) is 0 Å². The third-order valence-corrected chi connectivity index (χ3v) is 4.03. The van der Waals surface area contributed by atoms with E-state index in [-0.39, 0.29) is 16.6 Å². The molecule has 2 rings (SSSR count). The van der Waals surface area contributed by atoms with Crippen molar-refractivity contribution in [2.45, 2.75) is 4.90 Å². The normalized spacial score (nSPS) is 10.6. The van der Waals surface area contributed by atoms with Gasteiger partial charge in [-0.2, -0.15) is 0 Å². The molecule has 0 aliphatic heterocycles. The summed E-state index contributed by atoms with van der Waals surface area (Å²) in [6.45, 7) is 0. The van der Waals surface area contributed by atoms with Gasteiger partial charge in [-0.1, -0.05) is 23.2 Å². The van der Waals surface area contributed by atoms with E-state index in [0.717, 1.165) is 23.9 Å². The summed E-state index contributed by atoms with van der Waals surface area (Å²) in [4.78, 5) is 12.5. The molecule has 20 heavy (non-hydrogen) atoms. The molecule has 0 unspecified atom stereocenters. The summed E-state index contributed by atoms with van der Waals surface area (Å²) in [5, 5.41) is 0.716. The first-order valence-electron chi connectivity index (χ1n) is 5.53. The first-order valence-corrected chi connectivity index (χ1v) is 7.27. The number of halogens is 4. The van der Waals surface area contributed by atoms with Crippen LogP contribution in [0.3, 0.4) is 0 Å². The van der Waals surface area contributed by atoms with E-state index >= 15 is 0 Å². The highest BCUT2D eigenvalue weighted by Crippen LogP contribution is 2.25. The number of rotatable bonds is 4. The van der Waals surface area contributed by atoms with E-state index in [1.807, 2.05) is 0 Å². The summed E-state index contributed by atoms with van der Waals surface area (Å²) in [6.07, 6.45) is 0. The first kappa shape index (κ1) is 15.3. The zero-order chi connectivity index (χ0) is 14.7. The molecule has 0 fully saturated rings. The van der Waals surface area contributed by atoms with Gasteiger partial charge in [0.1, 0.15) is 0 Å². The predicted molar refractivity (Wildman–Crippen MR) is 77.9 cm³/mol. The zero-order valence-electron chi connectivity index (χ0n) is 10.00. The van der Waals surface area contributed by atoms with Crippen molar-refractivity contribution < 1.29 is 13.6 Å². The lowest BCUT2D eigenvalue weighted by Gasteiger charge is -2.04. The van der Waals surface area contributed by atoms with Gasteiger partial charge in [-0.3, -0.25) is 4.79 Å². The first-order chi connectivity index (χ1) is 9.47. The van der Waals surface area contributed by atoms with Crippen LogP contribution < -0.4 is 0 Å². The largest absolute Gasteiger partial charge is 0.293 e. The van der Waals surface area contributed by atoms with Crippen LogP contribution in [0.5, 0.6) is 0 Å². The monoisotopic (exact) mass is 332 g/mol. The number of ketones is 1. The van der Waals surface area contributed by atoms with Gasteiger partial charge in [-0.25, -0.2) is 8.78 Å². The standard InChI is InChI=1S/C14H8Cl2F2OS/c15-8-1-3-10(11(16)5-8)14(19)7-20-9-2-4-12(17)13(18)6-9/h1-6H,7H2. The molecule has 2 aromatic carbocycles. The number of hydrogen-bond donors (Lipinski definition) is 0. The molecular formula is C14H8Cl2F2OS. The fraction of sp³-hybridized carbons (Fsp3) is 0.0714. The van der Waals surface area contributed by atoms with Crippen molar-refractivity contribution in [1.82, 2.24) is 0 Å². The van der Waals surface area contributed by atoms with Crippen molar-refractivity contribution in [3.05, 3.63) is 63.6 Å². The molecule has 0 aliphatic carbocycles. The summed E-state index contributed by atoms with van der Waals surface area (Å²) in [5.41, 5.74) is 0.353. The van der Waals surface area contributed by atoms with Gasteiger partial charge < -0.3 is 0 Å². The van der Waals surface area contributed by atoms with E-state index in [4.69, 9.17) is 23.2 Å². The van der Waals surface area contributed by atoms with E-state index < -0.39 is 11.6 Å². The lowest BCUT2D eigenvalue weighted by atomic mass is 10.1. The summed E-state index contributed by atoms with van der Waals surface area (Å²) in [6, 6.07) is 8.09. The molecule has 0 atom stereocenters. The van der Waals surface area contributed by atoms with Gasteiger partial charge in [0, 0.05) is 15.5 Å². The minimum atomic E-state index is -0.938. The SMILES string of the molecule is O=C(CSc1ccc(F)c(F)c1)c1ccc(Cl)cc1Cl. The minimum absolute atomic E-state index is 0.0758. The average Bonchev–Trinajstić information content (AvgIpc) is 2.40. The average molecular weight is 333 g/mol. The minimum Gasteiger partial charge on any atom is -0.293 e. The molecule has 0 saturated carbocycles. The maximum atomic E-state index is 13.0. The highest BCUT2D eigenvalue weighted by molar-refractivity contribution is 8.00. The van der Waals surface area contributed by atoms with E-state index in [9.17, 15) is 13.6 Å². The molecular weight excluding hydrogens is 325 g/mol. The highest BCUT2D eigenvalue weighted by atomic mass is 35.5. The smallest absolute Gasteiger partial charge is 0.174 e. The Morgan fingerprint density at radius 2 is 1.80 bits per heavy atom. The molecule has 0 N–H and O–H groups in total. The second-order valence-corrected chi connectivity index (χ2v) is 5.80. The van der Waals surface area contributed by atoms with Crippen LogP contribution in [0, 0.1) is 11.6 Å². The van der Waals surface area contributed by atoms with E-state index in [2.05, 4.69) is 0 Å². The molecule has 0 aliphatic rings. The van der Waals surface area contributed by atoms with Crippen LogP contribution in [-0.2, 0) is 0 Å². The second-order valence-electron chi connectivity index (χ2n) is 3.91. The topological polar surface area (TPSA) is 17.1 Å². The van der Waals surface area contributed by atoms with Gasteiger partial charge in [0.2, 0.25) is 0 Å². The van der Waals surface area contributed by atoms with Crippen LogP contribution >= 0.6 is 35.0 Å². The van der Waals surface area contributed by atoms with E-state index in [1.54, 1.807) is 12.1 Å². The third-order valence-electron chi connectivity index (χ3n) is 2.49. The van der Waals surface area contributed by atoms with Crippen LogP contribution in [0.15, 0.2) is 41.3 Å². The Hall–Kier alpha value is -1.10. The molecule has 0 bridgehead atoms. The summed E-state index contributed by atoms with van der Waals surface area (Å²) in [7, 11) is 0. The molecule has 0 spiro atoms. The molecule has 0 amide bonds. The molecule has 0 heterocycles. The lowest BCUT2D eigenvalue weighted by molar-refractivity contribution is 0.102. The Labute approximate surface area is 128 Å². The second kappa shape index (κ2) is 6.57. The highest BCUT2D eigenvalue weighted by Gasteiger charge is 2.12. The lowest BCUT2D eigenvalue weighted by Crippen LogP contribution is -2.03. The van der Waals surface area contributed by atoms with Crippen LogP contribution in [0.2, 0.25) is 10.0 Å². The van der Waals surface area contributed by atoms with Gasteiger partial charge >= 0.3 is 0 Å². The quantitative estimate of drug-likeness (QED) is 0.562. The number of hydrogen-bond acceptors (Lipinski definition) is 2. The van der Waals surface area contributed by atoms with Crippen molar-refractivity contribution >= 4 is 40.7 Å². The van der Waals surface area contributed by atoms with Crippen LogP contribution in [0.25, 0.3) is 0 Å². The molecule has 0 radical (unpaired) electrons. The maximum Gasteiger partial charge on any atom is 0.174 e. The molecule has 6 heteroatoms. The Kier molecular flexibility index (Phi) is 5.02.